The van der Waals surface area contributed by atoms with Crippen LogP contribution in [0.2, 0.25) is 5.02 Å². The van der Waals surface area contributed by atoms with Crippen LogP contribution in [-0.2, 0) is 0 Å². The van der Waals surface area contributed by atoms with Crippen LogP contribution in [0.1, 0.15) is 12.8 Å². The Balaban J connectivity index is 1.64. The van der Waals surface area contributed by atoms with Crippen molar-refractivity contribution >= 4 is 49.9 Å². The zero-order valence-corrected chi connectivity index (χ0v) is 14.5. The van der Waals surface area contributed by atoms with Crippen LogP contribution in [0.3, 0.4) is 0 Å². The Morgan fingerprint density at radius 3 is 2.88 bits per heavy atom. The Hall–Kier alpha value is -2.51. The van der Waals surface area contributed by atoms with Crippen LogP contribution in [-0.4, -0.2) is 15.0 Å². The highest BCUT2D eigenvalue weighted by atomic mass is 35.5. The van der Waals surface area contributed by atoms with Crippen molar-refractivity contribution in [3.05, 3.63) is 59.3 Å². The smallest absolute Gasteiger partial charge is 0.189 e. The first-order valence-corrected chi connectivity index (χ1v) is 8.86. The standard InChI is InChI=1S/C17H13ClFN5S/c18-12-8-11(6-7-13(12)19)22-15-14-16(21-9-20-15)24-17(25-14)23-10-4-2-1-3-5-10/h2,4-9H,1,3H2,(H2,20,21,22,23,24). The predicted octanol–water partition coefficient (Wildman–Crippen LogP) is 5.27. The highest BCUT2D eigenvalue weighted by Crippen LogP contribution is 2.32. The molecule has 0 saturated carbocycles. The van der Waals surface area contributed by atoms with Gasteiger partial charge in [-0.25, -0.2) is 14.4 Å². The van der Waals surface area contributed by atoms with Crippen molar-refractivity contribution in [2.24, 2.45) is 0 Å². The summed E-state index contributed by atoms with van der Waals surface area (Å²) in [4.78, 5) is 13.0. The van der Waals surface area contributed by atoms with Crippen LogP contribution in [0.15, 0.2) is 48.5 Å². The molecule has 0 radical (unpaired) electrons. The third kappa shape index (κ3) is 3.47. The lowest BCUT2D eigenvalue weighted by Crippen LogP contribution is -1.98. The molecule has 1 aliphatic rings. The quantitative estimate of drug-likeness (QED) is 0.652. The molecule has 126 valence electrons. The van der Waals surface area contributed by atoms with Gasteiger partial charge in [-0.2, -0.15) is 4.98 Å². The maximum Gasteiger partial charge on any atom is 0.189 e. The first kappa shape index (κ1) is 16.0. The number of aromatic nitrogens is 3. The molecule has 2 aromatic heterocycles. The van der Waals surface area contributed by atoms with E-state index in [4.69, 9.17) is 11.6 Å². The second-order valence-corrected chi connectivity index (χ2v) is 6.82. The van der Waals surface area contributed by atoms with Gasteiger partial charge in [0, 0.05) is 11.4 Å². The van der Waals surface area contributed by atoms with Crippen LogP contribution in [0.4, 0.5) is 21.0 Å². The van der Waals surface area contributed by atoms with Crippen molar-refractivity contribution < 1.29 is 4.39 Å². The van der Waals surface area contributed by atoms with E-state index in [1.54, 1.807) is 6.07 Å². The molecule has 0 atom stereocenters. The van der Waals surface area contributed by atoms with Crippen molar-refractivity contribution in [1.29, 1.82) is 0 Å². The third-order valence-corrected chi connectivity index (χ3v) is 4.88. The summed E-state index contributed by atoms with van der Waals surface area (Å²) in [6.45, 7) is 0. The highest BCUT2D eigenvalue weighted by molar-refractivity contribution is 7.22. The summed E-state index contributed by atoms with van der Waals surface area (Å²) in [6.07, 6.45) is 9.82. The van der Waals surface area contributed by atoms with Gasteiger partial charge in [0.05, 0.1) is 5.02 Å². The van der Waals surface area contributed by atoms with E-state index in [9.17, 15) is 4.39 Å². The number of fused-ring (bicyclic) bond motifs is 1. The fourth-order valence-electron chi connectivity index (χ4n) is 2.44. The summed E-state index contributed by atoms with van der Waals surface area (Å²) < 4.78 is 14.1. The zero-order chi connectivity index (χ0) is 17.2. The van der Waals surface area contributed by atoms with E-state index in [0.29, 0.717) is 17.2 Å². The topological polar surface area (TPSA) is 62.7 Å². The van der Waals surface area contributed by atoms with E-state index >= 15 is 0 Å². The minimum Gasteiger partial charge on any atom is -0.339 e. The Labute approximate surface area is 152 Å². The monoisotopic (exact) mass is 373 g/mol. The number of nitrogens with zero attached hydrogens (tertiary/aromatic N) is 3. The first-order valence-electron chi connectivity index (χ1n) is 7.66. The number of hydrogen-bond donors (Lipinski definition) is 2. The first-order chi connectivity index (χ1) is 12.2. The van der Waals surface area contributed by atoms with Crippen LogP contribution in [0, 0.1) is 5.82 Å². The van der Waals surface area contributed by atoms with Crippen molar-refractivity contribution in [3.63, 3.8) is 0 Å². The van der Waals surface area contributed by atoms with E-state index in [1.807, 2.05) is 6.08 Å². The number of nitrogens with one attached hydrogen (secondary N) is 2. The Kier molecular flexibility index (Phi) is 4.33. The molecule has 8 heteroatoms. The highest BCUT2D eigenvalue weighted by Gasteiger charge is 2.12. The molecule has 2 heterocycles. The average molecular weight is 374 g/mol. The van der Waals surface area contributed by atoms with Crippen LogP contribution in [0.5, 0.6) is 0 Å². The summed E-state index contributed by atoms with van der Waals surface area (Å²) in [5.74, 6) is 0.143. The molecule has 5 nitrogen and oxygen atoms in total. The molecule has 1 aromatic carbocycles. The largest absolute Gasteiger partial charge is 0.339 e. The lowest BCUT2D eigenvalue weighted by atomic mass is 10.1. The SMILES string of the molecule is Fc1ccc(Nc2ncnc3nc(NC4=CCCC=C4)sc23)cc1Cl. The number of anilines is 3. The van der Waals surface area contributed by atoms with E-state index in [-0.39, 0.29) is 5.02 Å². The molecule has 0 spiro atoms. The second kappa shape index (κ2) is 6.78. The molecule has 0 saturated heterocycles. The van der Waals surface area contributed by atoms with Crippen molar-refractivity contribution in [2.45, 2.75) is 12.8 Å². The van der Waals surface area contributed by atoms with Crippen molar-refractivity contribution in [1.82, 2.24) is 15.0 Å². The minimum absolute atomic E-state index is 0.0537. The van der Waals surface area contributed by atoms with Gasteiger partial charge < -0.3 is 10.6 Å². The summed E-state index contributed by atoms with van der Waals surface area (Å²) in [6, 6.07) is 4.43. The zero-order valence-electron chi connectivity index (χ0n) is 13.0. The maximum absolute atomic E-state index is 13.3. The molecule has 25 heavy (non-hydrogen) atoms. The van der Waals surface area contributed by atoms with Crippen LogP contribution >= 0.6 is 22.9 Å². The van der Waals surface area contributed by atoms with Gasteiger partial charge in [0.15, 0.2) is 16.6 Å². The molecule has 1 aliphatic carbocycles. The average Bonchev–Trinajstić information content (AvgIpc) is 3.02. The van der Waals surface area contributed by atoms with Crippen molar-refractivity contribution in [3.8, 4) is 0 Å². The van der Waals surface area contributed by atoms with Gasteiger partial charge in [-0.1, -0.05) is 35.1 Å². The lowest BCUT2D eigenvalue weighted by molar-refractivity contribution is 0.628. The molecule has 0 fully saturated rings. The summed E-state index contributed by atoms with van der Waals surface area (Å²) in [5, 5.41) is 7.23. The predicted molar refractivity (Wildman–Crippen MR) is 100.0 cm³/mol. The number of thiazole rings is 1. The number of allylic oxidation sites excluding steroid dienone is 3. The second-order valence-electron chi connectivity index (χ2n) is 5.41. The van der Waals surface area contributed by atoms with Crippen LogP contribution < -0.4 is 10.6 Å². The van der Waals surface area contributed by atoms with Gasteiger partial charge in [0.25, 0.3) is 0 Å². The molecule has 3 aromatic rings. The van der Waals surface area contributed by atoms with Crippen LogP contribution in [0.25, 0.3) is 10.3 Å². The molecular formula is C17H13ClFN5S. The molecule has 0 amide bonds. The van der Waals surface area contributed by atoms with Gasteiger partial charge in [-0.05, 0) is 37.1 Å². The van der Waals surface area contributed by atoms with Gasteiger partial charge >= 0.3 is 0 Å². The molecule has 0 bridgehead atoms. The summed E-state index contributed by atoms with van der Waals surface area (Å²) in [7, 11) is 0. The van der Waals surface area contributed by atoms with Crippen molar-refractivity contribution in [2.75, 3.05) is 10.6 Å². The maximum atomic E-state index is 13.3. The number of halogens is 2. The summed E-state index contributed by atoms with van der Waals surface area (Å²) in [5.41, 5.74) is 2.27. The molecule has 4 rings (SSSR count). The Bertz CT molecular complexity index is 998. The van der Waals surface area contributed by atoms with E-state index in [0.717, 1.165) is 28.4 Å². The molecule has 0 aliphatic heterocycles. The van der Waals surface area contributed by atoms with E-state index < -0.39 is 5.82 Å². The summed E-state index contributed by atoms with van der Waals surface area (Å²) >= 11 is 7.28. The normalized spacial score (nSPS) is 13.8. The molecule has 0 unspecified atom stereocenters. The number of rotatable bonds is 4. The van der Waals surface area contributed by atoms with E-state index in [1.165, 1.54) is 29.8 Å². The van der Waals surface area contributed by atoms with Gasteiger partial charge in [0.1, 0.15) is 16.8 Å². The van der Waals surface area contributed by atoms with Gasteiger partial charge in [-0.15, -0.1) is 0 Å². The molecule has 2 N–H and O–H groups in total. The number of hydrogen-bond acceptors (Lipinski definition) is 6. The lowest BCUT2D eigenvalue weighted by Gasteiger charge is -2.07. The fourth-order valence-corrected chi connectivity index (χ4v) is 3.50. The third-order valence-electron chi connectivity index (χ3n) is 3.62. The van der Waals surface area contributed by atoms with Gasteiger partial charge in [0.2, 0.25) is 0 Å². The minimum atomic E-state index is -0.460. The van der Waals surface area contributed by atoms with Gasteiger partial charge in [-0.3, -0.25) is 0 Å². The fraction of sp³-hybridized carbons (Fsp3) is 0.118. The molecular weight excluding hydrogens is 361 g/mol. The Morgan fingerprint density at radius 1 is 1.16 bits per heavy atom. The Morgan fingerprint density at radius 2 is 2.08 bits per heavy atom. The van der Waals surface area contributed by atoms with E-state index in [2.05, 4.69) is 37.7 Å². The number of benzene rings is 1.